The standard InChI is InChI=1S/C19H19N3O2S/c20-19-18(25(23,24)15-9-5-2-6-10-15)17-16(22-19)11-14(12-21-17)13-7-3-1-4-8-13/h2,5-7,9-12,22H,1,3-4,8,20H2. The molecule has 0 fully saturated rings. The summed E-state index contributed by atoms with van der Waals surface area (Å²) in [5, 5.41) is 0. The van der Waals surface area contributed by atoms with Gasteiger partial charge in [0.25, 0.3) is 0 Å². The van der Waals surface area contributed by atoms with Gasteiger partial charge in [-0.1, -0.05) is 24.3 Å². The summed E-state index contributed by atoms with van der Waals surface area (Å²) >= 11 is 0. The van der Waals surface area contributed by atoms with Gasteiger partial charge in [0.2, 0.25) is 9.84 Å². The van der Waals surface area contributed by atoms with Crippen LogP contribution in [0, 0.1) is 0 Å². The van der Waals surface area contributed by atoms with Crippen molar-refractivity contribution in [3.8, 4) is 0 Å². The zero-order chi connectivity index (χ0) is 17.4. The molecular formula is C19H19N3O2S. The van der Waals surface area contributed by atoms with E-state index in [2.05, 4.69) is 16.0 Å². The van der Waals surface area contributed by atoms with Gasteiger partial charge in [-0.15, -0.1) is 0 Å². The fourth-order valence-electron chi connectivity index (χ4n) is 3.34. The number of anilines is 1. The molecule has 0 bridgehead atoms. The molecule has 0 unspecified atom stereocenters. The Bertz CT molecular complexity index is 1070. The van der Waals surface area contributed by atoms with E-state index in [0.29, 0.717) is 11.0 Å². The van der Waals surface area contributed by atoms with Crippen LogP contribution in [-0.4, -0.2) is 18.4 Å². The number of sulfone groups is 1. The molecule has 1 aliphatic carbocycles. The van der Waals surface area contributed by atoms with Gasteiger partial charge in [0.05, 0.1) is 10.4 Å². The highest BCUT2D eigenvalue weighted by Crippen LogP contribution is 2.34. The molecule has 0 aliphatic heterocycles. The van der Waals surface area contributed by atoms with E-state index in [-0.39, 0.29) is 15.6 Å². The first kappa shape index (κ1) is 15.9. The van der Waals surface area contributed by atoms with E-state index in [1.54, 1.807) is 36.5 Å². The monoisotopic (exact) mass is 353 g/mol. The molecule has 0 saturated heterocycles. The van der Waals surface area contributed by atoms with Crippen molar-refractivity contribution in [1.82, 2.24) is 9.97 Å². The number of hydrogen-bond donors (Lipinski definition) is 2. The highest BCUT2D eigenvalue weighted by molar-refractivity contribution is 7.91. The molecular weight excluding hydrogens is 334 g/mol. The summed E-state index contributed by atoms with van der Waals surface area (Å²) in [5.41, 5.74) is 9.35. The number of fused-ring (bicyclic) bond motifs is 1. The molecule has 25 heavy (non-hydrogen) atoms. The number of nitrogens with two attached hydrogens (primary N) is 1. The van der Waals surface area contributed by atoms with Gasteiger partial charge in [-0.3, -0.25) is 4.98 Å². The number of aromatic nitrogens is 2. The predicted molar refractivity (Wildman–Crippen MR) is 98.8 cm³/mol. The number of nitrogens with zero attached hydrogens (tertiary/aromatic N) is 1. The molecule has 2 heterocycles. The van der Waals surface area contributed by atoms with Gasteiger partial charge in [0.15, 0.2) is 0 Å². The van der Waals surface area contributed by atoms with E-state index in [9.17, 15) is 8.42 Å². The van der Waals surface area contributed by atoms with Crippen LogP contribution in [-0.2, 0) is 9.84 Å². The molecule has 0 amide bonds. The van der Waals surface area contributed by atoms with Crippen molar-refractivity contribution in [3.05, 3.63) is 54.2 Å². The minimum atomic E-state index is -3.72. The van der Waals surface area contributed by atoms with Crippen LogP contribution in [0.2, 0.25) is 0 Å². The third-order valence-corrected chi connectivity index (χ3v) is 6.44. The molecule has 3 aromatic rings. The zero-order valence-corrected chi connectivity index (χ0v) is 14.5. The number of benzene rings is 1. The zero-order valence-electron chi connectivity index (χ0n) is 13.7. The lowest BCUT2D eigenvalue weighted by molar-refractivity contribution is 0.597. The largest absolute Gasteiger partial charge is 0.384 e. The van der Waals surface area contributed by atoms with Crippen LogP contribution in [0.15, 0.2) is 58.5 Å². The van der Waals surface area contributed by atoms with Crippen LogP contribution in [0.3, 0.4) is 0 Å². The molecule has 1 aliphatic rings. The van der Waals surface area contributed by atoms with E-state index in [4.69, 9.17) is 5.73 Å². The van der Waals surface area contributed by atoms with Crippen molar-refractivity contribution < 1.29 is 8.42 Å². The second kappa shape index (κ2) is 6.04. The quantitative estimate of drug-likeness (QED) is 0.746. The molecule has 6 heteroatoms. The third-order valence-electron chi connectivity index (χ3n) is 4.60. The number of H-pyrrole nitrogens is 1. The SMILES string of the molecule is Nc1[nH]c2cc(C3=CCCCC3)cnc2c1S(=O)(=O)c1ccccc1. The Morgan fingerprint density at radius 1 is 1.12 bits per heavy atom. The van der Waals surface area contributed by atoms with Crippen molar-refractivity contribution >= 4 is 32.3 Å². The van der Waals surface area contributed by atoms with Crippen molar-refractivity contribution in [2.45, 2.75) is 35.5 Å². The Balaban J connectivity index is 1.86. The van der Waals surface area contributed by atoms with Crippen molar-refractivity contribution in [3.63, 3.8) is 0 Å². The van der Waals surface area contributed by atoms with E-state index in [0.717, 1.165) is 18.4 Å². The van der Waals surface area contributed by atoms with E-state index < -0.39 is 9.84 Å². The fourth-order valence-corrected chi connectivity index (χ4v) is 4.84. The van der Waals surface area contributed by atoms with Gasteiger partial charge >= 0.3 is 0 Å². The molecule has 4 rings (SSSR count). The first-order chi connectivity index (χ1) is 12.1. The first-order valence-corrected chi connectivity index (χ1v) is 9.82. The number of hydrogen-bond acceptors (Lipinski definition) is 4. The summed E-state index contributed by atoms with van der Waals surface area (Å²) in [6.07, 6.45) is 8.47. The normalized spacial score (nSPS) is 15.3. The second-order valence-electron chi connectivity index (χ2n) is 6.28. The fraction of sp³-hybridized carbons (Fsp3) is 0.211. The Morgan fingerprint density at radius 2 is 1.92 bits per heavy atom. The molecule has 0 spiro atoms. The van der Waals surface area contributed by atoms with Crippen LogP contribution in [0.25, 0.3) is 16.6 Å². The number of nitrogens with one attached hydrogen (secondary N) is 1. The first-order valence-electron chi connectivity index (χ1n) is 8.34. The topological polar surface area (TPSA) is 88.8 Å². The van der Waals surface area contributed by atoms with E-state index >= 15 is 0 Å². The molecule has 2 aromatic heterocycles. The van der Waals surface area contributed by atoms with Gasteiger partial charge in [-0.2, -0.15) is 0 Å². The summed E-state index contributed by atoms with van der Waals surface area (Å²) in [7, 11) is -3.72. The Kier molecular flexibility index (Phi) is 3.84. The Morgan fingerprint density at radius 3 is 2.64 bits per heavy atom. The smallest absolute Gasteiger partial charge is 0.212 e. The number of aromatic amines is 1. The number of nitrogen functional groups attached to an aromatic ring is 1. The summed E-state index contributed by atoms with van der Waals surface area (Å²) in [5.74, 6) is 0.126. The Labute approximate surface area is 146 Å². The molecule has 3 N–H and O–H groups in total. The molecule has 5 nitrogen and oxygen atoms in total. The molecule has 0 atom stereocenters. The summed E-state index contributed by atoms with van der Waals surface area (Å²) in [6, 6.07) is 10.2. The van der Waals surface area contributed by atoms with Gasteiger partial charge in [-0.25, -0.2) is 8.42 Å². The number of allylic oxidation sites excluding steroid dienone is 2. The lowest BCUT2D eigenvalue weighted by atomic mass is 9.94. The maximum absolute atomic E-state index is 13.0. The highest BCUT2D eigenvalue weighted by atomic mass is 32.2. The summed E-state index contributed by atoms with van der Waals surface area (Å²) in [4.78, 5) is 7.69. The summed E-state index contributed by atoms with van der Waals surface area (Å²) in [6.45, 7) is 0. The maximum atomic E-state index is 13.0. The molecule has 0 saturated carbocycles. The average Bonchev–Trinajstić information content (AvgIpc) is 2.98. The molecule has 1 aromatic carbocycles. The van der Waals surface area contributed by atoms with Crippen molar-refractivity contribution in [2.24, 2.45) is 0 Å². The van der Waals surface area contributed by atoms with Crippen LogP contribution in [0.4, 0.5) is 5.82 Å². The second-order valence-corrected chi connectivity index (χ2v) is 8.17. The van der Waals surface area contributed by atoms with Gasteiger partial charge in [0.1, 0.15) is 16.2 Å². The number of rotatable bonds is 3. The van der Waals surface area contributed by atoms with Crippen LogP contribution < -0.4 is 5.73 Å². The van der Waals surface area contributed by atoms with E-state index in [1.807, 2.05) is 6.07 Å². The highest BCUT2D eigenvalue weighted by Gasteiger charge is 2.26. The lowest BCUT2D eigenvalue weighted by Gasteiger charge is -2.12. The van der Waals surface area contributed by atoms with Crippen LogP contribution in [0.1, 0.15) is 31.2 Å². The van der Waals surface area contributed by atoms with Crippen molar-refractivity contribution in [2.75, 3.05) is 5.73 Å². The van der Waals surface area contributed by atoms with Gasteiger partial charge in [-0.05, 0) is 55.0 Å². The average molecular weight is 353 g/mol. The van der Waals surface area contributed by atoms with Crippen LogP contribution >= 0.6 is 0 Å². The lowest BCUT2D eigenvalue weighted by Crippen LogP contribution is -2.04. The van der Waals surface area contributed by atoms with Crippen molar-refractivity contribution in [1.29, 1.82) is 0 Å². The molecule has 0 radical (unpaired) electrons. The molecule has 128 valence electrons. The van der Waals surface area contributed by atoms with Gasteiger partial charge < -0.3 is 10.7 Å². The maximum Gasteiger partial charge on any atom is 0.212 e. The van der Waals surface area contributed by atoms with Crippen LogP contribution in [0.5, 0.6) is 0 Å². The summed E-state index contributed by atoms with van der Waals surface area (Å²) < 4.78 is 25.9. The Hall–Kier alpha value is -2.60. The third kappa shape index (κ3) is 2.72. The minimum absolute atomic E-state index is 0.0536. The van der Waals surface area contributed by atoms with E-state index in [1.165, 1.54) is 18.4 Å². The minimum Gasteiger partial charge on any atom is -0.384 e. The predicted octanol–water partition coefficient (Wildman–Crippen LogP) is 3.94. The van der Waals surface area contributed by atoms with Gasteiger partial charge in [0, 0.05) is 6.20 Å². The number of pyridine rings is 1.